The molecule has 0 saturated heterocycles. The van der Waals surface area contributed by atoms with E-state index in [1.807, 2.05) is 6.92 Å². The smallest absolute Gasteiger partial charge is 0.269 e. The molecule has 0 saturated carbocycles. The normalized spacial score (nSPS) is 10.6. The molecule has 1 aromatic carbocycles. The summed E-state index contributed by atoms with van der Waals surface area (Å²) >= 11 is 0. The van der Waals surface area contributed by atoms with Crippen molar-refractivity contribution in [2.24, 2.45) is 0 Å². The first-order valence-corrected chi connectivity index (χ1v) is 4.80. The van der Waals surface area contributed by atoms with E-state index in [0.717, 1.165) is 12.0 Å². The van der Waals surface area contributed by atoms with Gasteiger partial charge in [-0.2, -0.15) is 5.06 Å². The van der Waals surface area contributed by atoms with Crippen molar-refractivity contribution in [1.82, 2.24) is 5.06 Å². The van der Waals surface area contributed by atoms with E-state index in [2.05, 4.69) is 0 Å². The molecule has 0 heterocycles. The van der Waals surface area contributed by atoms with Crippen molar-refractivity contribution in [2.45, 2.75) is 19.9 Å². The summed E-state index contributed by atoms with van der Waals surface area (Å²) in [6.07, 6.45) is 0.865. The first-order chi connectivity index (χ1) is 7.13. The lowest BCUT2D eigenvalue weighted by Crippen LogP contribution is -2.19. The Morgan fingerprint density at radius 3 is 2.47 bits per heavy atom. The van der Waals surface area contributed by atoms with Crippen LogP contribution in [0.1, 0.15) is 18.9 Å². The first kappa shape index (κ1) is 11.6. The van der Waals surface area contributed by atoms with Crippen LogP contribution in [-0.2, 0) is 6.54 Å². The van der Waals surface area contributed by atoms with Crippen LogP contribution >= 0.6 is 0 Å². The second-order valence-corrected chi connectivity index (χ2v) is 3.31. The molecule has 5 nitrogen and oxygen atoms in total. The van der Waals surface area contributed by atoms with Gasteiger partial charge in [-0.15, -0.1) is 0 Å². The van der Waals surface area contributed by atoms with Gasteiger partial charge in [0.05, 0.1) is 4.92 Å². The molecule has 0 radical (unpaired) electrons. The van der Waals surface area contributed by atoms with E-state index in [1.165, 1.54) is 17.2 Å². The van der Waals surface area contributed by atoms with Crippen molar-refractivity contribution >= 4 is 5.69 Å². The highest BCUT2D eigenvalue weighted by atomic mass is 16.6. The molecule has 1 N–H and O–H groups in total. The average molecular weight is 210 g/mol. The lowest BCUT2D eigenvalue weighted by atomic mass is 10.2. The first-order valence-electron chi connectivity index (χ1n) is 4.80. The van der Waals surface area contributed by atoms with Gasteiger partial charge in [-0.3, -0.25) is 10.1 Å². The van der Waals surface area contributed by atoms with Crippen LogP contribution in [0.15, 0.2) is 24.3 Å². The van der Waals surface area contributed by atoms with Crippen LogP contribution in [0.25, 0.3) is 0 Å². The Hall–Kier alpha value is -1.46. The van der Waals surface area contributed by atoms with Crippen molar-refractivity contribution in [3.05, 3.63) is 39.9 Å². The highest BCUT2D eigenvalue weighted by Gasteiger charge is 2.05. The third-order valence-corrected chi connectivity index (χ3v) is 1.99. The molecule has 0 bridgehead atoms. The number of hydrogen-bond acceptors (Lipinski definition) is 4. The SMILES string of the molecule is CCCN(O)Cc1ccc([N+](=O)[O-])cc1. The highest BCUT2D eigenvalue weighted by Crippen LogP contribution is 2.12. The molecule has 0 unspecified atom stereocenters. The molecule has 1 aromatic rings. The van der Waals surface area contributed by atoms with Crippen molar-refractivity contribution in [2.75, 3.05) is 6.54 Å². The van der Waals surface area contributed by atoms with Gasteiger partial charge < -0.3 is 5.21 Å². The Morgan fingerprint density at radius 2 is 2.00 bits per heavy atom. The minimum atomic E-state index is -0.438. The molecule has 0 amide bonds. The Bertz CT molecular complexity index is 324. The standard InChI is InChI=1S/C10H14N2O3/c1-2-7-11(13)8-9-3-5-10(6-4-9)12(14)15/h3-6,13H,2,7-8H2,1H3. The van der Waals surface area contributed by atoms with Gasteiger partial charge in [-0.1, -0.05) is 19.1 Å². The number of non-ortho nitro benzene ring substituents is 1. The van der Waals surface area contributed by atoms with Gasteiger partial charge in [0.15, 0.2) is 0 Å². The molecule has 0 fully saturated rings. The Balaban J connectivity index is 2.60. The maximum atomic E-state index is 10.4. The number of benzene rings is 1. The molecule has 0 aliphatic rings. The summed E-state index contributed by atoms with van der Waals surface area (Å²) in [5.41, 5.74) is 0.926. The molecule has 5 heteroatoms. The molecule has 0 atom stereocenters. The van der Waals surface area contributed by atoms with Gasteiger partial charge in [0.1, 0.15) is 0 Å². The zero-order valence-corrected chi connectivity index (χ0v) is 8.59. The van der Waals surface area contributed by atoms with Gasteiger partial charge in [0.25, 0.3) is 5.69 Å². The monoisotopic (exact) mass is 210 g/mol. The minimum Gasteiger partial charge on any atom is -0.314 e. The van der Waals surface area contributed by atoms with E-state index in [1.54, 1.807) is 12.1 Å². The highest BCUT2D eigenvalue weighted by molar-refractivity contribution is 5.32. The Labute approximate surface area is 88.1 Å². The Kier molecular flexibility index (Phi) is 4.20. The average Bonchev–Trinajstić information content (AvgIpc) is 2.18. The Morgan fingerprint density at radius 1 is 1.40 bits per heavy atom. The van der Waals surface area contributed by atoms with Gasteiger partial charge in [-0.05, 0) is 12.0 Å². The number of nitrogens with zero attached hydrogens (tertiary/aromatic N) is 2. The van der Waals surface area contributed by atoms with Crippen LogP contribution < -0.4 is 0 Å². The molecular formula is C10H14N2O3. The quantitative estimate of drug-likeness (QED) is 0.597. The molecule has 0 aromatic heterocycles. The summed E-state index contributed by atoms with van der Waals surface area (Å²) in [6, 6.07) is 6.18. The maximum absolute atomic E-state index is 10.4. The van der Waals surface area contributed by atoms with E-state index in [9.17, 15) is 15.3 Å². The summed E-state index contributed by atoms with van der Waals surface area (Å²) in [5, 5.41) is 21.0. The predicted octanol–water partition coefficient (Wildman–Crippen LogP) is 2.20. The molecule has 0 spiro atoms. The summed E-state index contributed by atoms with van der Waals surface area (Å²) in [6.45, 7) is 2.96. The zero-order valence-electron chi connectivity index (χ0n) is 8.59. The van der Waals surface area contributed by atoms with E-state index >= 15 is 0 Å². The van der Waals surface area contributed by atoms with Crippen LogP contribution in [0, 0.1) is 10.1 Å². The van der Waals surface area contributed by atoms with Gasteiger partial charge >= 0.3 is 0 Å². The lowest BCUT2D eigenvalue weighted by molar-refractivity contribution is -0.384. The molecule has 0 aliphatic carbocycles. The number of hydrogen-bond donors (Lipinski definition) is 1. The van der Waals surface area contributed by atoms with Gasteiger partial charge in [-0.25, -0.2) is 0 Å². The fraction of sp³-hybridized carbons (Fsp3) is 0.400. The molecule has 15 heavy (non-hydrogen) atoms. The van der Waals surface area contributed by atoms with E-state index < -0.39 is 4.92 Å². The van der Waals surface area contributed by atoms with Crippen LogP contribution in [0.4, 0.5) is 5.69 Å². The van der Waals surface area contributed by atoms with Crippen LogP contribution in [0.2, 0.25) is 0 Å². The summed E-state index contributed by atoms with van der Waals surface area (Å²) in [5.74, 6) is 0. The predicted molar refractivity (Wildman–Crippen MR) is 55.6 cm³/mol. The molecule has 0 aliphatic heterocycles. The number of rotatable bonds is 5. The topological polar surface area (TPSA) is 66.6 Å². The van der Waals surface area contributed by atoms with E-state index in [-0.39, 0.29) is 5.69 Å². The minimum absolute atomic E-state index is 0.0683. The van der Waals surface area contributed by atoms with Crippen LogP contribution in [0.5, 0.6) is 0 Å². The summed E-state index contributed by atoms with van der Waals surface area (Å²) < 4.78 is 0. The fourth-order valence-corrected chi connectivity index (χ4v) is 1.27. The lowest BCUT2D eigenvalue weighted by Gasteiger charge is -2.12. The van der Waals surface area contributed by atoms with Crippen molar-refractivity contribution in [3.63, 3.8) is 0 Å². The second kappa shape index (κ2) is 5.43. The summed E-state index contributed by atoms with van der Waals surface area (Å²) in [4.78, 5) is 9.94. The van der Waals surface area contributed by atoms with Crippen molar-refractivity contribution in [3.8, 4) is 0 Å². The fourth-order valence-electron chi connectivity index (χ4n) is 1.27. The molecule has 82 valence electrons. The maximum Gasteiger partial charge on any atom is 0.269 e. The third-order valence-electron chi connectivity index (χ3n) is 1.99. The van der Waals surface area contributed by atoms with Gasteiger partial charge in [0, 0.05) is 25.2 Å². The molecular weight excluding hydrogens is 196 g/mol. The van der Waals surface area contributed by atoms with Crippen molar-refractivity contribution < 1.29 is 10.1 Å². The summed E-state index contributed by atoms with van der Waals surface area (Å²) in [7, 11) is 0. The molecule has 1 rings (SSSR count). The van der Waals surface area contributed by atoms with Gasteiger partial charge in [0.2, 0.25) is 0 Å². The largest absolute Gasteiger partial charge is 0.314 e. The van der Waals surface area contributed by atoms with E-state index in [4.69, 9.17) is 0 Å². The second-order valence-electron chi connectivity index (χ2n) is 3.31. The van der Waals surface area contributed by atoms with Crippen LogP contribution in [0.3, 0.4) is 0 Å². The van der Waals surface area contributed by atoms with E-state index in [0.29, 0.717) is 13.1 Å². The zero-order chi connectivity index (χ0) is 11.3. The number of nitro groups is 1. The van der Waals surface area contributed by atoms with Crippen LogP contribution in [-0.4, -0.2) is 21.7 Å². The number of hydroxylamine groups is 2. The van der Waals surface area contributed by atoms with Crippen molar-refractivity contribution in [1.29, 1.82) is 0 Å². The third kappa shape index (κ3) is 3.65. The number of nitro benzene ring substituents is 1.